The second-order valence-electron chi connectivity index (χ2n) is 3.34. The first-order chi connectivity index (χ1) is 8.54. The molecule has 0 fully saturated rings. The minimum absolute atomic E-state index is 0.157. The highest BCUT2D eigenvalue weighted by molar-refractivity contribution is 7.99. The van der Waals surface area contributed by atoms with E-state index in [2.05, 4.69) is 19.9 Å². The predicted molar refractivity (Wildman–Crippen MR) is 62.7 cm³/mol. The monoisotopic (exact) mass is 264 g/mol. The number of H-pyrrole nitrogens is 1. The Morgan fingerprint density at radius 3 is 2.83 bits per heavy atom. The Hall–Kier alpha value is -2.22. The third-order valence-electron chi connectivity index (χ3n) is 1.88. The summed E-state index contributed by atoms with van der Waals surface area (Å²) in [6.07, 6.45) is 2.55. The Morgan fingerprint density at radius 2 is 2.17 bits per heavy atom. The molecule has 0 radical (unpaired) electrons. The SMILES string of the molecule is Cc1cc(=O)[nH]c(Sc2cncc(C(=O)O)n2)n1. The van der Waals surface area contributed by atoms with E-state index in [1.165, 1.54) is 12.3 Å². The number of carboxylic acid groups (broad SMARTS) is 1. The molecule has 2 rings (SSSR count). The fraction of sp³-hybridized carbons (Fsp3) is 0.100. The minimum Gasteiger partial charge on any atom is -0.476 e. The average Bonchev–Trinajstić information content (AvgIpc) is 2.27. The van der Waals surface area contributed by atoms with Crippen molar-refractivity contribution in [1.29, 1.82) is 0 Å². The van der Waals surface area contributed by atoms with Crippen molar-refractivity contribution in [3.63, 3.8) is 0 Å². The highest BCUT2D eigenvalue weighted by Crippen LogP contribution is 2.20. The number of aromatic nitrogens is 4. The van der Waals surface area contributed by atoms with Gasteiger partial charge in [-0.1, -0.05) is 0 Å². The summed E-state index contributed by atoms with van der Waals surface area (Å²) >= 11 is 1.04. The van der Waals surface area contributed by atoms with Gasteiger partial charge < -0.3 is 10.1 Å². The van der Waals surface area contributed by atoms with Gasteiger partial charge in [-0.2, -0.15) is 0 Å². The summed E-state index contributed by atoms with van der Waals surface area (Å²) < 4.78 is 0. The van der Waals surface area contributed by atoms with E-state index in [1.807, 2.05) is 0 Å². The fourth-order valence-electron chi connectivity index (χ4n) is 1.20. The minimum atomic E-state index is -1.16. The van der Waals surface area contributed by atoms with Crippen molar-refractivity contribution in [1.82, 2.24) is 19.9 Å². The largest absolute Gasteiger partial charge is 0.476 e. The molecule has 0 saturated carbocycles. The van der Waals surface area contributed by atoms with E-state index < -0.39 is 5.97 Å². The van der Waals surface area contributed by atoms with Crippen molar-refractivity contribution in [3.05, 3.63) is 40.2 Å². The summed E-state index contributed by atoms with van der Waals surface area (Å²) in [5.41, 5.74) is 0.144. The summed E-state index contributed by atoms with van der Waals surface area (Å²) in [6, 6.07) is 1.36. The van der Waals surface area contributed by atoms with E-state index in [4.69, 9.17) is 5.11 Å². The zero-order valence-corrected chi connectivity index (χ0v) is 10.1. The van der Waals surface area contributed by atoms with E-state index >= 15 is 0 Å². The molecule has 0 aliphatic rings. The summed E-state index contributed by atoms with van der Waals surface area (Å²) in [5.74, 6) is -1.16. The van der Waals surface area contributed by atoms with Crippen molar-refractivity contribution in [3.8, 4) is 0 Å². The molecule has 92 valence electrons. The van der Waals surface area contributed by atoms with Crippen LogP contribution in [0.3, 0.4) is 0 Å². The van der Waals surface area contributed by atoms with Crippen molar-refractivity contribution in [2.75, 3.05) is 0 Å². The van der Waals surface area contributed by atoms with Gasteiger partial charge in [-0.25, -0.2) is 14.8 Å². The van der Waals surface area contributed by atoms with Crippen LogP contribution in [0, 0.1) is 6.92 Å². The Kier molecular flexibility index (Phi) is 3.38. The molecule has 2 heterocycles. The summed E-state index contributed by atoms with van der Waals surface area (Å²) in [6.45, 7) is 1.69. The second-order valence-corrected chi connectivity index (χ2v) is 4.35. The van der Waals surface area contributed by atoms with Crippen molar-refractivity contribution >= 4 is 17.7 Å². The maximum absolute atomic E-state index is 11.2. The smallest absolute Gasteiger partial charge is 0.356 e. The lowest BCUT2D eigenvalue weighted by Crippen LogP contribution is -2.08. The molecule has 8 heteroatoms. The fourth-order valence-corrected chi connectivity index (χ4v) is 2.00. The highest BCUT2D eigenvalue weighted by Gasteiger charge is 2.08. The Labute approximate surface area is 105 Å². The van der Waals surface area contributed by atoms with E-state index in [0.29, 0.717) is 15.9 Å². The summed E-state index contributed by atoms with van der Waals surface area (Å²) in [7, 11) is 0. The molecule has 0 aromatic carbocycles. The lowest BCUT2D eigenvalue weighted by atomic mass is 10.5. The first-order valence-electron chi connectivity index (χ1n) is 4.86. The van der Waals surface area contributed by atoms with Crippen LogP contribution in [0.5, 0.6) is 0 Å². The van der Waals surface area contributed by atoms with E-state index in [9.17, 15) is 9.59 Å². The molecule has 0 saturated heterocycles. The quantitative estimate of drug-likeness (QED) is 0.786. The maximum atomic E-state index is 11.2. The van der Waals surface area contributed by atoms with E-state index in [-0.39, 0.29) is 11.3 Å². The second kappa shape index (κ2) is 4.96. The van der Waals surface area contributed by atoms with Gasteiger partial charge in [0.2, 0.25) is 0 Å². The highest BCUT2D eigenvalue weighted by atomic mass is 32.2. The van der Waals surface area contributed by atoms with Crippen LogP contribution in [-0.4, -0.2) is 31.0 Å². The number of carboxylic acids is 1. The molecule has 0 bridgehead atoms. The normalized spacial score (nSPS) is 10.3. The number of hydrogen-bond acceptors (Lipinski definition) is 6. The van der Waals surface area contributed by atoms with Crippen LogP contribution in [0.25, 0.3) is 0 Å². The van der Waals surface area contributed by atoms with Crippen LogP contribution < -0.4 is 5.56 Å². The summed E-state index contributed by atoms with van der Waals surface area (Å²) in [4.78, 5) is 36.2. The Morgan fingerprint density at radius 1 is 1.39 bits per heavy atom. The molecule has 0 amide bonds. The molecule has 2 aromatic heterocycles. The molecule has 2 N–H and O–H groups in total. The molecule has 7 nitrogen and oxygen atoms in total. The third kappa shape index (κ3) is 2.92. The molecule has 0 unspecified atom stereocenters. The van der Waals surface area contributed by atoms with Gasteiger partial charge in [0, 0.05) is 11.8 Å². The summed E-state index contributed by atoms with van der Waals surface area (Å²) in [5, 5.41) is 9.47. The van der Waals surface area contributed by atoms with Gasteiger partial charge in [0.25, 0.3) is 5.56 Å². The van der Waals surface area contributed by atoms with Crippen molar-refractivity contribution in [2.45, 2.75) is 17.1 Å². The zero-order chi connectivity index (χ0) is 13.1. The number of nitrogens with one attached hydrogen (secondary N) is 1. The third-order valence-corrected chi connectivity index (χ3v) is 2.67. The molecular formula is C10H8N4O3S. The van der Waals surface area contributed by atoms with Crippen LogP contribution in [-0.2, 0) is 0 Å². The molecule has 2 aromatic rings. The average molecular weight is 264 g/mol. The molecular weight excluding hydrogens is 256 g/mol. The van der Waals surface area contributed by atoms with Gasteiger partial charge in [0.15, 0.2) is 10.9 Å². The van der Waals surface area contributed by atoms with E-state index in [0.717, 1.165) is 18.0 Å². The Balaban J connectivity index is 2.31. The topological polar surface area (TPSA) is 109 Å². The lowest BCUT2D eigenvalue weighted by molar-refractivity contribution is 0.0689. The Bertz CT molecular complexity index is 656. The number of rotatable bonds is 3. The van der Waals surface area contributed by atoms with Gasteiger partial charge in [0.1, 0.15) is 5.03 Å². The van der Waals surface area contributed by atoms with Gasteiger partial charge in [-0.05, 0) is 18.7 Å². The van der Waals surface area contributed by atoms with Crippen LogP contribution in [0.4, 0.5) is 0 Å². The first kappa shape index (κ1) is 12.2. The van der Waals surface area contributed by atoms with Crippen molar-refractivity contribution in [2.24, 2.45) is 0 Å². The number of nitrogens with zero attached hydrogens (tertiary/aromatic N) is 3. The molecule has 0 atom stereocenters. The number of aromatic carboxylic acids is 1. The first-order valence-corrected chi connectivity index (χ1v) is 5.67. The number of carbonyl (C=O) groups is 1. The molecule has 18 heavy (non-hydrogen) atoms. The van der Waals surface area contributed by atoms with Gasteiger partial charge in [-0.3, -0.25) is 9.78 Å². The zero-order valence-electron chi connectivity index (χ0n) is 9.25. The van der Waals surface area contributed by atoms with Crippen LogP contribution in [0.1, 0.15) is 16.2 Å². The van der Waals surface area contributed by atoms with Crippen molar-refractivity contribution < 1.29 is 9.90 Å². The van der Waals surface area contributed by atoms with Gasteiger partial charge >= 0.3 is 5.97 Å². The lowest BCUT2D eigenvalue weighted by Gasteiger charge is -2.01. The van der Waals surface area contributed by atoms with Gasteiger partial charge in [0.05, 0.1) is 12.4 Å². The van der Waals surface area contributed by atoms with Crippen LogP contribution in [0.2, 0.25) is 0 Å². The standard InChI is InChI=1S/C10H8N4O3S/c1-5-2-7(15)14-10(12-5)18-8-4-11-3-6(13-8)9(16)17/h2-4H,1H3,(H,16,17)(H,12,14,15). The van der Waals surface area contributed by atoms with Crippen LogP contribution >= 0.6 is 11.8 Å². The predicted octanol–water partition coefficient (Wildman–Crippen LogP) is 0.718. The molecule has 0 spiro atoms. The molecule has 0 aliphatic carbocycles. The number of aryl methyl sites for hydroxylation is 1. The van der Waals surface area contributed by atoms with Gasteiger partial charge in [-0.15, -0.1) is 0 Å². The maximum Gasteiger partial charge on any atom is 0.356 e. The van der Waals surface area contributed by atoms with Crippen LogP contribution in [0.15, 0.2) is 33.4 Å². The molecule has 0 aliphatic heterocycles. The number of hydrogen-bond donors (Lipinski definition) is 2. The number of aromatic amines is 1. The van der Waals surface area contributed by atoms with E-state index in [1.54, 1.807) is 6.92 Å².